The first-order valence-corrected chi connectivity index (χ1v) is 12.7. The molecule has 0 radical (unpaired) electrons. The Morgan fingerprint density at radius 1 is 1.03 bits per heavy atom. The second kappa shape index (κ2) is 11.3. The highest BCUT2D eigenvalue weighted by Crippen LogP contribution is 2.31. The van der Waals surface area contributed by atoms with Gasteiger partial charge in [-0.15, -0.1) is 5.10 Å². The number of hydrogen-bond donors (Lipinski definition) is 2. The molecule has 1 atom stereocenters. The Morgan fingerprint density at radius 2 is 1.71 bits per heavy atom. The SMILES string of the molecule is CCOc1ccc(N(C(=O)Cn2nnc3ccccc32)C(C(=O)NC(C)(C)CC)c2ccc(O)cc2)cc1. The third kappa shape index (κ3) is 5.94. The van der Waals surface area contributed by atoms with Crippen molar-refractivity contribution < 1.29 is 19.4 Å². The van der Waals surface area contributed by atoms with E-state index >= 15 is 0 Å². The molecule has 2 amide bonds. The molecule has 4 aromatic rings. The Hall–Kier alpha value is -4.40. The molecule has 0 fully saturated rings. The molecule has 9 heteroatoms. The number of nitrogens with one attached hydrogen (secondary N) is 1. The van der Waals surface area contributed by atoms with Gasteiger partial charge < -0.3 is 15.2 Å². The van der Waals surface area contributed by atoms with E-state index in [4.69, 9.17) is 4.74 Å². The lowest BCUT2D eigenvalue weighted by atomic mass is 9.98. The zero-order chi connectivity index (χ0) is 27.3. The minimum Gasteiger partial charge on any atom is -0.508 e. The molecule has 4 rings (SSSR count). The molecule has 0 spiro atoms. The maximum atomic E-state index is 14.1. The highest BCUT2D eigenvalue weighted by atomic mass is 16.5. The predicted molar refractivity (Wildman–Crippen MR) is 146 cm³/mol. The van der Waals surface area contributed by atoms with E-state index in [0.717, 1.165) is 0 Å². The highest BCUT2D eigenvalue weighted by Gasteiger charge is 2.35. The number of aromatic hydroxyl groups is 1. The Balaban J connectivity index is 1.81. The van der Waals surface area contributed by atoms with E-state index in [-0.39, 0.29) is 24.1 Å². The van der Waals surface area contributed by atoms with Crippen molar-refractivity contribution in [1.29, 1.82) is 0 Å². The molecule has 1 unspecified atom stereocenters. The fraction of sp³-hybridized carbons (Fsp3) is 0.310. The first-order chi connectivity index (χ1) is 18.2. The number of phenolic OH excluding ortho intramolecular Hbond substituents is 1. The summed E-state index contributed by atoms with van der Waals surface area (Å²) in [6, 6.07) is 19.7. The second-order valence-corrected chi connectivity index (χ2v) is 9.65. The van der Waals surface area contributed by atoms with Crippen LogP contribution in [0.25, 0.3) is 11.0 Å². The Labute approximate surface area is 222 Å². The quantitative estimate of drug-likeness (QED) is 0.319. The van der Waals surface area contributed by atoms with E-state index in [9.17, 15) is 14.7 Å². The van der Waals surface area contributed by atoms with Crippen LogP contribution < -0.4 is 15.0 Å². The van der Waals surface area contributed by atoms with Crippen LogP contribution in [0.15, 0.2) is 72.8 Å². The van der Waals surface area contributed by atoms with Crippen LogP contribution >= 0.6 is 0 Å². The molecule has 0 aliphatic carbocycles. The fourth-order valence-electron chi connectivity index (χ4n) is 4.11. The second-order valence-electron chi connectivity index (χ2n) is 9.65. The van der Waals surface area contributed by atoms with Gasteiger partial charge in [-0.05, 0) is 81.3 Å². The van der Waals surface area contributed by atoms with Gasteiger partial charge in [0.1, 0.15) is 29.6 Å². The lowest BCUT2D eigenvalue weighted by Crippen LogP contribution is -2.51. The lowest BCUT2D eigenvalue weighted by molar-refractivity contribution is -0.128. The van der Waals surface area contributed by atoms with Gasteiger partial charge >= 0.3 is 0 Å². The molecule has 3 aromatic carbocycles. The fourth-order valence-corrected chi connectivity index (χ4v) is 4.11. The van der Waals surface area contributed by atoms with Crippen molar-refractivity contribution in [3.63, 3.8) is 0 Å². The summed E-state index contributed by atoms with van der Waals surface area (Å²) in [7, 11) is 0. The Morgan fingerprint density at radius 3 is 2.37 bits per heavy atom. The number of phenols is 1. The number of ether oxygens (including phenoxy) is 1. The third-order valence-corrected chi connectivity index (χ3v) is 6.46. The molecule has 0 bridgehead atoms. The van der Waals surface area contributed by atoms with Crippen molar-refractivity contribution in [3.05, 3.63) is 78.4 Å². The van der Waals surface area contributed by atoms with E-state index in [2.05, 4.69) is 15.6 Å². The van der Waals surface area contributed by atoms with Gasteiger partial charge in [-0.25, -0.2) is 4.68 Å². The first kappa shape index (κ1) is 26.7. The summed E-state index contributed by atoms with van der Waals surface area (Å²) < 4.78 is 7.12. The van der Waals surface area contributed by atoms with Gasteiger partial charge in [0, 0.05) is 11.2 Å². The van der Waals surface area contributed by atoms with Crippen molar-refractivity contribution >= 4 is 28.5 Å². The number of rotatable bonds is 10. The number of hydrogen-bond acceptors (Lipinski definition) is 6. The Kier molecular flexibility index (Phi) is 7.95. The van der Waals surface area contributed by atoms with Crippen LogP contribution in [-0.2, 0) is 16.1 Å². The normalized spacial score (nSPS) is 12.2. The van der Waals surface area contributed by atoms with Gasteiger partial charge in [0.2, 0.25) is 11.8 Å². The molecule has 0 aliphatic rings. The summed E-state index contributed by atoms with van der Waals surface area (Å²) in [5, 5.41) is 21.3. The predicted octanol–water partition coefficient (Wildman–Crippen LogP) is 4.61. The van der Waals surface area contributed by atoms with E-state index in [1.807, 2.05) is 52.0 Å². The molecule has 2 N–H and O–H groups in total. The molecule has 38 heavy (non-hydrogen) atoms. The van der Waals surface area contributed by atoms with E-state index in [1.54, 1.807) is 36.4 Å². The minimum absolute atomic E-state index is 0.0647. The number of para-hydroxylation sites is 1. The van der Waals surface area contributed by atoms with Crippen LogP contribution in [0, 0.1) is 0 Å². The summed E-state index contributed by atoms with van der Waals surface area (Å²) in [4.78, 5) is 29.4. The summed E-state index contributed by atoms with van der Waals surface area (Å²) in [6.45, 7) is 8.12. The van der Waals surface area contributed by atoms with E-state index in [0.29, 0.717) is 41.1 Å². The number of nitrogens with zero attached hydrogens (tertiary/aromatic N) is 4. The van der Waals surface area contributed by atoms with Crippen LogP contribution in [0.3, 0.4) is 0 Å². The van der Waals surface area contributed by atoms with Crippen molar-refractivity contribution in [3.8, 4) is 11.5 Å². The van der Waals surface area contributed by atoms with Crippen molar-refractivity contribution in [2.24, 2.45) is 0 Å². The zero-order valence-electron chi connectivity index (χ0n) is 22.1. The van der Waals surface area contributed by atoms with Crippen LogP contribution in [0.5, 0.6) is 11.5 Å². The van der Waals surface area contributed by atoms with Crippen LogP contribution in [0.1, 0.15) is 45.7 Å². The third-order valence-electron chi connectivity index (χ3n) is 6.46. The molecular formula is C29H33N5O4. The summed E-state index contributed by atoms with van der Waals surface area (Å²) in [5.41, 5.74) is 1.96. The molecule has 1 aromatic heterocycles. The van der Waals surface area contributed by atoms with Gasteiger partial charge in [0.25, 0.3) is 0 Å². The summed E-state index contributed by atoms with van der Waals surface area (Å²) in [6.07, 6.45) is 0.697. The number of fused-ring (bicyclic) bond motifs is 1. The number of aromatic nitrogens is 3. The van der Waals surface area contributed by atoms with Gasteiger partial charge in [-0.3, -0.25) is 14.5 Å². The lowest BCUT2D eigenvalue weighted by Gasteiger charge is -2.34. The highest BCUT2D eigenvalue weighted by molar-refractivity contribution is 6.01. The summed E-state index contributed by atoms with van der Waals surface area (Å²) in [5.74, 6) is 0.0269. The molecule has 9 nitrogen and oxygen atoms in total. The number of benzene rings is 3. The molecular weight excluding hydrogens is 482 g/mol. The zero-order valence-corrected chi connectivity index (χ0v) is 22.1. The number of anilines is 1. The molecule has 0 aliphatic heterocycles. The summed E-state index contributed by atoms with van der Waals surface area (Å²) >= 11 is 0. The number of carbonyl (C=O) groups excluding carboxylic acids is 2. The number of amides is 2. The van der Waals surface area contributed by atoms with Gasteiger partial charge in [0.05, 0.1) is 12.1 Å². The van der Waals surface area contributed by atoms with Gasteiger partial charge in [-0.2, -0.15) is 0 Å². The largest absolute Gasteiger partial charge is 0.508 e. The average Bonchev–Trinajstić information content (AvgIpc) is 3.31. The van der Waals surface area contributed by atoms with Crippen LogP contribution in [0.2, 0.25) is 0 Å². The van der Waals surface area contributed by atoms with E-state index in [1.165, 1.54) is 21.7 Å². The Bertz CT molecular complexity index is 1400. The minimum atomic E-state index is -1.01. The topological polar surface area (TPSA) is 110 Å². The van der Waals surface area contributed by atoms with Crippen molar-refractivity contribution in [2.45, 2.75) is 52.2 Å². The molecule has 0 saturated heterocycles. The standard InChI is InChI=1S/C29H33N5O4/c1-5-29(3,4)30-28(37)27(20-11-15-22(35)16-12-20)34(21-13-17-23(18-14-21)38-6-2)26(36)19-33-25-10-8-7-9-24(25)31-32-33/h7-18,27,35H,5-6,19H2,1-4H3,(H,30,37). The van der Waals surface area contributed by atoms with Crippen molar-refractivity contribution in [2.75, 3.05) is 11.5 Å². The van der Waals surface area contributed by atoms with E-state index < -0.39 is 11.6 Å². The van der Waals surface area contributed by atoms with Crippen LogP contribution in [0.4, 0.5) is 5.69 Å². The van der Waals surface area contributed by atoms with Gasteiger partial charge in [-0.1, -0.05) is 36.4 Å². The molecule has 1 heterocycles. The monoisotopic (exact) mass is 515 g/mol. The maximum Gasteiger partial charge on any atom is 0.249 e. The molecule has 0 saturated carbocycles. The first-order valence-electron chi connectivity index (χ1n) is 12.7. The smallest absolute Gasteiger partial charge is 0.249 e. The van der Waals surface area contributed by atoms with Crippen LogP contribution in [-0.4, -0.2) is 44.1 Å². The molecule has 198 valence electrons. The average molecular weight is 516 g/mol. The van der Waals surface area contributed by atoms with Gasteiger partial charge in [0.15, 0.2) is 0 Å². The van der Waals surface area contributed by atoms with Crippen molar-refractivity contribution in [1.82, 2.24) is 20.3 Å². The maximum absolute atomic E-state index is 14.1. The number of carbonyl (C=O) groups is 2.